The van der Waals surface area contributed by atoms with Crippen LogP contribution >= 0.6 is 0 Å². The van der Waals surface area contributed by atoms with E-state index in [2.05, 4.69) is 9.97 Å². The third kappa shape index (κ3) is 3.12. The van der Waals surface area contributed by atoms with Crippen LogP contribution in [0.5, 0.6) is 0 Å². The van der Waals surface area contributed by atoms with Crippen LogP contribution in [-0.2, 0) is 43.1 Å². The summed E-state index contributed by atoms with van der Waals surface area (Å²) in [6.07, 6.45) is 4.84. The fourth-order valence-corrected chi connectivity index (χ4v) is 3.48. The van der Waals surface area contributed by atoms with Crippen molar-refractivity contribution in [2.24, 2.45) is 7.05 Å². The van der Waals surface area contributed by atoms with E-state index >= 15 is 0 Å². The molecule has 1 aliphatic heterocycles. The van der Waals surface area contributed by atoms with E-state index in [9.17, 15) is 14.4 Å². The Labute approximate surface area is 166 Å². The van der Waals surface area contributed by atoms with Crippen LogP contribution in [-0.4, -0.2) is 32.3 Å². The molecular formula is C21H19N3O5. The molecule has 8 heteroatoms. The van der Waals surface area contributed by atoms with Gasteiger partial charge >= 0.3 is 17.7 Å². The van der Waals surface area contributed by atoms with E-state index in [1.165, 1.54) is 6.33 Å². The van der Waals surface area contributed by atoms with Crippen LogP contribution in [0.15, 0.2) is 42.9 Å². The van der Waals surface area contributed by atoms with Crippen LogP contribution < -0.4 is 0 Å². The van der Waals surface area contributed by atoms with Gasteiger partial charge in [-0.15, -0.1) is 0 Å². The first-order chi connectivity index (χ1) is 13.8. The number of H-pyrrole nitrogens is 1. The van der Waals surface area contributed by atoms with Gasteiger partial charge in [0.2, 0.25) is 5.78 Å². The van der Waals surface area contributed by atoms with Crippen molar-refractivity contribution < 1.29 is 23.9 Å². The van der Waals surface area contributed by atoms with Crippen molar-refractivity contribution in [1.82, 2.24) is 14.5 Å². The fourth-order valence-electron chi connectivity index (χ4n) is 3.48. The lowest BCUT2D eigenvalue weighted by Crippen LogP contribution is -2.44. The highest BCUT2D eigenvalue weighted by Crippen LogP contribution is 2.38. The van der Waals surface area contributed by atoms with Gasteiger partial charge in [-0.05, 0) is 26.0 Å². The van der Waals surface area contributed by atoms with Crippen molar-refractivity contribution in [3.05, 3.63) is 65.4 Å². The van der Waals surface area contributed by atoms with Crippen molar-refractivity contribution in [2.45, 2.75) is 26.1 Å². The molecule has 0 saturated carbocycles. The number of carbonyl (C=O) groups is 3. The minimum absolute atomic E-state index is 0.182. The van der Waals surface area contributed by atoms with Crippen LogP contribution in [0.1, 0.15) is 22.5 Å². The zero-order chi connectivity index (χ0) is 20.8. The number of hydrogen-bond acceptors (Lipinski definition) is 6. The number of aromatic nitrogens is 3. The summed E-state index contributed by atoms with van der Waals surface area (Å²) in [6, 6.07) is 5.68. The predicted octanol–water partition coefficient (Wildman–Crippen LogP) is 2.14. The SMILES string of the molecule is Cc1ccc2c(c1)c(C1(C(=O)Cc3nc[nH]c3C)OC(=O)C=CC(=O)O1)cn2C. The van der Waals surface area contributed by atoms with Crippen LogP contribution in [0.2, 0.25) is 0 Å². The maximum atomic E-state index is 13.5. The second-order valence-corrected chi connectivity index (χ2v) is 7.04. The van der Waals surface area contributed by atoms with Crippen LogP contribution in [0.4, 0.5) is 0 Å². The first-order valence-corrected chi connectivity index (χ1v) is 9.02. The molecule has 8 nitrogen and oxygen atoms in total. The molecule has 4 rings (SSSR count). The third-order valence-electron chi connectivity index (χ3n) is 4.97. The summed E-state index contributed by atoms with van der Waals surface area (Å²) in [7, 11) is 1.80. The third-order valence-corrected chi connectivity index (χ3v) is 4.97. The molecule has 0 aliphatic carbocycles. The number of benzene rings is 1. The molecule has 0 saturated heterocycles. The molecular weight excluding hydrogens is 374 g/mol. The molecule has 0 fully saturated rings. The largest absolute Gasteiger partial charge is 0.407 e. The molecule has 0 unspecified atom stereocenters. The van der Waals surface area contributed by atoms with Gasteiger partial charge in [-0.2, -0.15) is 0 Å². The molecule has 0 bridgehead atoms. The molecule has 3 heterocycles. The molecule has 0 atom stereocenters. The van der Waals surface area contributed by atoms with E-state index < -0.39 is 23.5 Å². The van der Waals surface area contributed by atoms with E-state index in [1.807, 2.05) is 25.1 Å². The normalized spacial score (nSPS) is 15.8. The zero-order valence-corrected chi connectivity index (χ0v) is 16.2. The molecule has 1 aliphatic rings. The van der Waals surface area contributed by atoms with Crippen LogP contribution in [0.25, 0.3) is 10.9 Å². The number of aromatic amines is 1. The number of Topliss-reactive ketones (excluding diaryl/α,β-unsaturated/α-hetero) is 1. The summed E-state index contributed by atoms with van der Waals surface area (Å²) < 4.78 is 12.8. The molecule has 1 aromatic carbocycles. The van der Waals surface area contributed by atoms with Gasteiger partial charge in [0.05, 0.1) is 24.0 Å². The maximum Gasteiger partial charge on any atom is 0.346 e. The fraction of sp³-hybridized carbons (Fsp3) is 0.238. The number of ether oxygens (including phenoxy) is 2. The van der Waals surface area contributed by atoms with Crippen molar-refractivity contribution in [3.63, 3.8) is 0 Å². The second kappa shape index (κ2) is 6.73. The van der Waals surface area contributed by atoms with Crippen LogP contribution in [0.3, 0.4) is 0 Å². The van der Waals surface area contributed by atoms with Crippen molar-refractivity contribution >= 4 is 28.6 Å². The smallest absolute Gasteiger partial charge is 0.346 e. The average molecular weight is 393 g/mol. The Morgan fingerprint density at radius 3 is 2.48 bits per heavy atom. The summed E-state index contributed by atoms with van der Waals surface area (Å²) in [6.45, 7) is 3.68. The first kappa shape index (κ1) is 18.7. The quantitative estimate of drug-likeness (QED) is 0.681. The lowest BCUT2D eigenvalue weighted by molar-refractivity contribution is -0.222. The van der Waals surface area contributed by atoms with E-state index in [4.69, 9.17) is 9.47 Å². The summed E-state index contributed by atoms with van der Waals surface area (Å²) in [5.41, 5.74) is 3.22. The molecule has 0 amide bonds. The van der Waals surface area contributed by atoms with Gasteiger partial charge in [-0.3, -0.25) is 4.79 Å². The average Bonchev–Trinajstić information content (AvgIpc) is 3.17. The summed E-state index contributed by atoms with van der Waals surface area (Å²) in [5, 5.41) is 0.655. The highest BCUT2D eigenvalue weighted by Gasteiger charge is 2.50. The Morgan fingerprint density at radius 1 is 1.17 bits per heavy atom. The van der Waals surface area contributed by atoms with Crippen molar-refractivity contribution in [3.8, 4) is 0 Å². The summed E-state index contributed by atoms with van der Waals surface area (Å²) in [4.78, 5) is 45.1. The molecule has 0 spiro atoms. The number of rotatable bonds is 4. The van der Waals surface area contributed by atoms with E-state index in [0.717, 1.165) is 23.2 Å². The minimum Gasteiger partial charge on any atom is -0.407 e. The number of aryl methyl sites for hydroxylation is 3. The highest BCUT2D eigenvalue weighted by atomic mass is 16.7. The van der Waals surface area contributed by atoms with Gasteiger partial charge in [-0.25, -0.2) is 14.6 Å². The molecule has 29 heavy (non-hydrogen) atoms. The van der Waals surface area contributed by atoms with Gasteiger partial charge in [0.1, 0.15) is 0 Å². The molecule has 148 valence electrons. The second-order valence-electron chi connectivity index (χ2n) is 7.04. The van der Waals surface area contributed by atoms with Gasteiger partial charge in [0.15, 0.2) is 0 Å². The number of esters is 2. The number of carbonyl (C=O) groups excluding carboxylic acids is 3. The van der Waals surface area contributed by atoms with Gasteiger partial charge < -0.3 is 19.0 Å². The van der Waals surface area contributed by atoms with Gasteiger partial charge in [0.25, 0.3) is 0 Å². The lowest BCUT2D eigenvalue weighted by atomic mass is 9.96. The lowest BCUT2D eigenvalue weighted by Gasteiger charge is -2.29. The number of nitrogens with one attached hydrogen (secondary N) is 1. The Kier molecular flexibility index (Phi) is 4.34. The molecule has 3 aromatic rings. The van der Waals surface area contributed by atoms with Gasteiger partial charge in [-0.1, -0.05) is 11.6 Å². The highest BCUT2D eigenvalue weighted by molar-refractivity contribution is 6.02. The topological polar surface area (TPSA) is 103 Å². The molecule has 1 N–H and O–H groups in total. The number of ketones is 1. The number of imidazole rings is 1. The minimum atomic E-state index is -2.21. The van der Waals surface area contributed by atoms with E-state index in [-0.39, 0.29) is 6.42 Å². The molecule has 2 aromatic heterocycles. The van der Waals surface area contributed by atoms with E-state index in [0.29, 0.717) is 22.3 Å². The summed E-state index contributed by atoms with van der Waals surface area (Å²) in [5.74, 6) is -4.50. The first-order valence-electron chi connectivity index (χ1n) is 9.02. The monoisotopic (exact) mass is 393 g/mol. The Morgan fingerprint density at radius 2 is 1.86 bits per heavy atom. The van der Waals surface area contributed by atoms with Crippen molar-refractivity contribution in [2.75, 3.05) is 0 Å². The predicted molar refractivity (Wildman–Crippen MR) is 103 cm³/mol. The number of fused-ring (bicyclic) bond motifs is 1. The number of cyclic esters (lactones) is 2. The Bertz CT molecular complexity index is 1160. The van der Waals surface area contributed by atoms with Crippen LogP contribution in [0, 0.1) is 13.8 Å². The Hall–Kier alpha value is -3.68. The zero-order valence-electron chi connectivity index (χ0n) is 16.2. The Balaban J connectivity index is 1.93. The van der Waals surface area contributed by atoms with E-state index in [1.54, 1.807) is 24.7 Å². The standard InChI is InChI=1S/C21H19N3O5/c1-12-4-5-17-14(8-12)15(10-24(17)3)21(28-19(26)6-7-20(27)29-21)18(25)9-16-13(2)22-11-23-16/h4-8,10-11H,9H2,1-3H3,(H,22,23). The summed E-state index contributed by atoms with van der Waals surface area (Å²) >= 11 is 0. The van der Waals surface area contributed by atoms with Gasteiger partial charge in [0, 0.05) is 42.0 Å². The molecule has 0 radical (unpaired) electrons. The van der Waals surface area contributed by atoms with Crippen molar-refractivity contribution in [1.29, 1.82) is 0 Å². The maximum absolute atomic E-state index is 13.5. The number of hydrogen-bond donors (Lipinski definition) is 1. The number of nitrogens with zero attached hydrogens (tertiary/aromatic N) is 2.